The highest BCUT2D eigenvalue weighted by Crippen LogP contribution is 2.26. The first-order chi connectivity index (χ1) is 44.2. The van der Waals surface area contributed by atoms with Crippen molar-refractivity contribution < 1.29 is 29.4 Å². The van der Waals surface area contributed by atoms with E-state index in [0.29, 0.717) is 36.8 Å². The molecule has 0 aliphatic heterocycles. The van der Waals surface area contributed by atoms with Gasteiger partial charge in [-0.25, -0.2) is 28.3 Å². The third-order valence-electron chi connectivity index (χ3n) is 14.8. The molecule has 8 heterocycles. The van der Waals surface area contributed by atoms with Gasteiger partial charge in [0.05, 0.1) is 57.7 Å². The molecule has 0 amide bonds. The topological polar surface area (TPSA) is 232 Å². The molecule has 22 heteroatoms. The molecule has 12 aromatic rings. The van der Waals surface area contributed by atoms with Crippen LogP contribution >= 0.6 is 63.7 Å². The fourth-order valence-corrected chi connectivity index (χ4v) is 11.6. The highest BCUT2D eigenvalue weighted by Gasteiger charge is 2.18. The van der Waals surface area contributed by atoms with Crippen molar-refractivity contribution in [3.63, 3.8) is 0 Å². The van der Waals surface area contributed by atoms with Crippen molar-refractivity contribution in [1.82, 2.24) is 59.1 Å². The van der Waals surface area contributed by atoms with Crippen molar-refractivity contribution in [2.45, 2.75) is 67.2 Å². The van der Waals surface area contributed by atoms with E-state index in [1.54, 1.807) is 74.0 Å². The van der Waals surface area contributed by atoms with Gasteiger partial charge in [0.15, 0.2) is 11.6 Å². The zero-order valence-corrected chi connectivity index (χ0v) is 57.1. The number of carboxylic acid groups (broad SMARTS) is 2. The average molecular weight is 1480 g/mol. The summed E-state index contributed by atoms with van der Waals surface area (Å²) in [6.07, 6.45) is 22.8. The van der Waals surface area contributed by atoms with Gasteiger partial charge in [-0.1, -0.05) is 88.0 Å². The lowest BCUT2D eigenvalue weighted by molar-refractivity contribution is 0.0684. The van der Waals surface area contributed by atoms with Crippen molar-refractivity contribution in [3.8, 4) is 22.7 Å². The van der Waals surface area contributed by atoms with E-state index in [2.05, 4.69) is 104 Å². The van der Waals surface area contributed by atoms with Crippen LogP contribution in [0.5, 0.6) is 0 Å². The van der Waals surface area contributed by atoms with Gasteiger partial charge in [0.2, 0.25) is 0 Å². The Hall–Kier alpha value is -9.48. The summed E-state index contributed by atoms with van der Waals surface area (Å²) < 4.78 is 11.4. The van der Waals surface area contributed by atoms with Gasteiger partial charge in [0, 0.05) is 128 Å². The number of hydrogen-bond acceptors (Lipinski definition) is 12. The van der Waals surface area contributed by atoms with Gasteiger partial charge in [0.25, 0.3) is 0 Å². The zero-order valence-electron chi connectivity index (χ0n) is 50.7. The Labute approximate surface area is 564 Å². The van der Waals surface area contributed by atoms with Crippen LogP contribution in [0.4, 0.5) is 0 Å². The van der Waals surface area contributed by atoms with Gasteiger partial charge < -0.3 is 10.2 Å². The second-order valence-electron chi connectivity index (χ2n) is 21.2. The maximum atomic E-state index is 11.8. The number of nitrogens with zero attached hydrogens (tertiary/aromatic N) is 12. The number of halogens is 4. The van der Waals surface area contributed by atoms with Gasteiger partial charge >= 0.3 is 11.9 Å². The van der Waals surface area contributed by atoms with E-state index in [1.807, 2.05) is 157 Å². The summed E-state index contributed by atoms with van der Waals surface area (Å²) >= 11 is 13.9. The van der Waals surface area contributed by atoms with Crippen LogP contribution in [-0.4, -0.2) is 92.8 Å². The molecule has 0 aliphatic rings. The number of hydrogen-bond donors (Lipinski definition) is 2. The molecule has 0 saturated carbocycles. The molecule has 0 spiro atoms. The predicted molar refractivity (Wildman–Crippen MR) is 366 cm³/mol. The van der Waals surface area contributed by atoms with Crippen LogP contribution in [-0.2, 0) is 25.7 Å². The van der Waals surface area contributed by atoms with E-state index in [0.717, 1.165) is 108 Å². The first kappa shape index (κ1) is 66.9. The lowest BCUT2D eigenvalue weighted by atomic mass is 10.0. The third-order valence-corrected chi connectivity index (χ3v) is 16.8. The highest BCUT2D eigenvalue weighted by molar-refractivity contribution is 9.11. The van der Waals surface area contributed by atoms with Crippen LogP contribution in [0.25, 0.3) is 22.7 Å². The minimum atomic E-state index is -0.945. The summed E-state index contributed by atoms with van der Waals surface area (Å²) in [6, 6.07) is 38.3. The quantitative estimate of drug-likeness (QED) is 0.0857. The molecule has 0 radical (unpaired) electrons. The molecular formula is C70H60Br4N12O6. The largest absolute Gasteiger partial charge is 0.478 e. The average Bonchev–Trinajstić information content (AvgIpc) is 1.76. The fraction of sp³-hybridized carbons (Fsp3) is 0.143. The number of rotatable bonds is 16. The zero-order chi connectivity index (χ0) is 65.6. The number of Topliss-reactive ketones (excluding diaryl/α,β-unsaturated/α-hetero) is 2. The first-order valence-electron chi connectivity index (χ1n) is 28.6. The standard InChI is InChI=1S/2C18H16BrN3O.2C17H14BrN3O2/c1-12-14(8-15-10-20-7-6-18(15)13(2)23)11-21-22(12)17-5-3-4-16(19)9-17;1-12-15(8-14-10-20-7-6-18(14)13(2)23)11-22(21-12)17-5-3-4-16(19)9-17;1-11-12(7-13-9-19-6-5-16(13)17(22)23)10-20-21(11)15-4-2-3-14(18)8-15;1-11-13(7-12-9-19-6-5-16(12)17(22)23)10-21(20-11)15-4-2-3-14(18)8-15/h2*3-7,9-11H,8H2,1-2H3;2*2-6,8-10H,7H2,1H3,(H,22,23). The number of aryl methyl sites for hydroxylation is 2. The van der Waals surface area contributed by atoms with Crippen molar-refractivity contribution >= 4 is 87.2 Å². The second kappa shape index (κ2) is 31.0. The Morgan fingerprint density at radius 1 is 0.380 bits per heavy atom. The summed E-state index contributed by atoms with van der Waals surface area (Å²) in [5, 5.41) is 36.6. The van der Waals surface area contributed by atoms with Crippen LogP contribution in [0.15, 0.2) is 214 Å². The summed E-state index contributed by atoms with van der Waals surface area (Å²) in [6.45, 7) is 11.1. The van der Waals surface area contributed by atoms with Crippen LogP contribution in [0, 0.1) is 27.7 Å². The summed E-state index contributed by atoms with van der Waals surface area (Å²) in [4.78, 5) is 62.5. The van der Waals surface area contributed by atoms with Gasteiger partial charge in [-0.05, 0) is 183 Å². The number of carboxylic acids is 2. The monoisotopic (exact) mass is 1480 g/mol. The van der Waals surface area contributed by atoms with Gasteiger partial charge in [-0.3, -0.25) is 29.5 Å². The van der Waals surface area contributed by atoms with Crippen molar-refractivity contribution in [3.05, 3.63) is 303 Å². The van der Waals surface area contributed by atoms with Gasteiger partial charge in [-0.2, -0.15) is 20.4 Å². The van der Waals surface area contributed by atoms with Crippen LogP contribution in [0.3, 0.4) is 0 Å². The number of aromatic carboxylic acids is 2. The summed E-state index contributed by atoms with van der Waals surface area (Å²) in [7, 11) is 0. The second-order valence-corrected chi connectivity index (χ2v) is 24.8. The number of carbonyl (C=O) groups excluding carboxylic acids is 2. The minimum absolute atomic E-state index is 0.0550. The molecule has 0 unspecified atom stereocenters. The Morgan fingerprint density at radius 3 is 0.989 bits per heavy atom. The molecule has 2 N–H and O–H groups in total. The molecule has 8 aromatic heterocycles. The van der Waals surface area contributed by atoms with Crippen molar-refractivity contribution in [2.24, 2.45) is 0 Å². The molecule has 464 valence electrons. The van der Waals surface area contributed by atoms with E-state index < -0.39 is 11.9 Å². The van der Waals surface area contributed by atoms with Crippen LogP contribution < -0.4 is 0 Å². The fourth-order valence-electron chi connectivity index (χ4n) is 10.0. The predicted octanol–water partition coefficient (Wildman–Crippen LogP) is 15.5. The van der Waals surface area contributed by atoms with E-state index in [4.69, 9.17) is 0 Å². The first-order valence-corrected chi connectivity index (χ1v) is 31.8. The highest BCUT2D eigenvalue weighted by atomic mass is 79.9. The summed E-state index contributed by atoms with van der Waals surface area (Å²) in [5.41, 5.74) is 17.0. The van der Waals surface area contributed by atoms with Crippen LogP contribution in [0.2, 0.25) is 0 Å². The Kier molecular flexibility index (Phi) is 22.6. The minimum Gasteiger partial charge on any atom is -0.478 e. The Balaban J connectivity index is 0.000000145. The molecule has 0 aliphatic carbocycles. The normalized spacial score (nSPS) is 10.7. The molecule has 0 fully saturated rings. The Morgan fingerprint density at radius 2 is 0.674 bits per heavy atom. The smallest absolute Gasteiger partial charge is 0.336 e. The molecule has 0 saturated heterocycles. The van der Waals surface area contributed by atoms with Crippen molar-refractivity contribution in [1.29, 1.82) is 0 Å². The SMILES string of the molecule is CC(=O)c1ccncc1Cc1cn(-c2cccc(Br)c2)nc1C.CC(=O)c1ccncc1Cc1cnn(-c2cccc(Br)c2)c1C.Cc1c(Cc2cnccc2C(=O)O)cnn1-c1cccc(Br)c1.Cc1nn(-c2cccc(Br)c2)cc1Cc1cnccc1C(=O)O. The number of benzene rings is 4. The molecule has 0 atom stereocenters. The van der Waals surface area contributed by atoms with Gasteiger partial charge in [0.1, 0.15) is 0 Å². The lowest BCUT2D eigenvalue weighted by Crippen LogP contribution is -2.04. The third kappa shape index (κ3) is 17.1. The summed E-state index contributed by atoms with van der Waals surface area (Å²) in [5.74, 6) is -1.78. The molecule has 0 bridgehead atoms. The number of ketones is 2. The number of carbonyl (C=O) groups is 4. The van der Waals surface area contributed by atoms with Gasteiger partial charge in [-0.15, -0.1) is 0 Å². The maximum Gasteiger partial charge on any atom is 0.336 e. The molecular weight excluding hydrogens is 1420 g/mol. The molecule has 18 nitrogen and oxygen atoms in total. The Bertz CT molecular complexity index is 4250. The number of pyridine rings is 4. The molecule has 12 rings (SSSR count). The maximum absolute atomic E-state index is 11.8. The van der Waals surface area contributed by atoms with E-state index in [9.17, 15) is 29.4 Å². The lowest BCUT2D eigenvalue weighted by Gasteiger charge is -2.08. The molecule has 4 aromatic carbocycles. The van der Waals surface area contributed by atoms with Crippen LogP contribution in [0.1, 0.15) is 123 Å². The van der Waals surface area contributed by atoms with Crippen molar-refractivity contribution in [2.75, 3.05) is 0 Å². The van der Waals surface area contributed by atoms with E-state index in [1.165, 1.54) is 24.5 Å². The van der Waals surface area contributed by atoms with E-state index in [-0.39, 0.29) is 22.7 Å². The molecule has 92 heavy (non-hydrogen) atoms. The number of aromatic nitrogens is 12. The van der Waals surface area contributed by atoms with E-state index >= 15 is 0 Å².